The summed E-state index contributed by atoms with van der Waals surface area (Å²) in [6, 6.07) is 9.87. The van der Waals surface area contributed by atoms with Gasteiger partial charge in [0.15, 0.2) is 0 Å². The second kappa shape index (κ2) is 16.7. The Kier molecular flexibility index (Phi) is 13.0. The van der Waals surface area contributed by atoms with E-state index in [1.165, 1.54) is 112 Å². The first kappa shape index (κ1) is 32.0. The average Bonchev–Trinajstić information content (AvgIpc) is 3.22. The summed E-state index contributed by atoms with van der Waals surface area (Å²) in [5.74, 6) is -2.73. The maximum Gasteiger partial charge on any atom is 0.295 e. The Morgan fingerprint density at radius 3 is 1.85 bits per heavy atom. The number of nitro groups is 1. The Hall–Kier alpha value is -3.55. The molecule has 8 heteroatoms. The van der Waals surface area contributed by atoms with Gasteiger partial charge < -0.3 is 10.0 Å². The average molecular weight is 567 g/mol. The Morgan fingerprint density at radius 1 is 0.829 bits per heavy atom. The summed E-state index contributed by atoms with van der Waals surface area (Å²) in [7, 11) is 0. The molecule has 0 aliphatic carbocycles. The number of carbonyl (C=O) groups excluding carboxylic acids is 2. The number of hydrogen-bond acceptors (Lipinski definition) is 5. The lowest BCUT2D eigenvalue weighted by molar-refractivity contribution is -0.384. The molecule has 1 N–H and O–H groups in total. The normalized spacial score (nSPS) is 16.4. The Morgan fingerprint density at radius 2 is 1.34 bits per heavy atom. The molecule has 3 rings (SSSR count). The number of hydrogen-bond donors (Lipinski definition) is 1. The fourth-order valence-electron chi connectivity index (χ4n) is 5.50. The molecule has 7 nitrogen and oxygen atoms in total. The second-order valence-corrected chi connectivity index (χ2v) is 10.9. The van der Waals surface area contributed by atoms with E-state index >= 15 is 0 Å². The zero-order valence-electron chi connectivity index (χ0n) is 24.2. The van der Waals surface area contributed by atoms with Crippen molar-refractivity contribution in [2.75, 3.05) is 6.54 Å². The van der Waals surface area contributed by atoms with Crippen molar-refractivity contribution >= 4 is 23.1 Å². The number of unbranched alkanes of at least 4 members (excludes halogenated alkanes) is 13. The summed E-state index contributed by atoms with van der Waals surface area (Å²) < 4.78 is 14.9. The topological polar surface area (TPSA) is 101 Å². The number of halogens is 1. The third-order valence-electron chi connectivity index (χ3n) is 7.84. The van der Waals surface area contributed by atoms with Crippen LogP contribution in [-0.2, 0) is 9.59 Å². The van der Waals surface area contributed by atoms with Crippen LogP contribution >= 0.6 is 0 Å². The monoisotopic (exact) mass is 566 g/mol. The van der Waals surface area contributed by atoms with Crippen LogP contribution in [0.15, 0.2) is 54.1 Å². The minimum Gasteiger partial charge on any atom is -0.507 e. The number of amides is 1. The Labute approximate surface area is 242 Å². The van der Waals surface area contributed by atoms with E-state index in [0.717, 1.165) is 19.3 Å². The molecular weight excluding hydrogens is 523 g/mol. The number of rotatable bonds is 18. The summed E-state index contributed by atoms with van der Waals surface area (Å²) >= 11 is 0. The molecular formula is C33H43FN2O5. The van der Waals surface area contributed by atoms with Crippen LogP contribution < -0.4 is 0 Å². The number of benzene rings is 2. The minimum absolute atomic E-state index is 0.125. The number of ketones is 1. The number of Topliss-reactive ketones (excluding diaryl/α,β-unsaturated/α-hetero) is 1. The zero-order valence-corrected chi connectivity index (χ0v) is 24.2. The lowest BCUT2D eigenvalue weighted by atomic mass is 9.94. The summed E-state index contributed by atoms with van der Waals surface area (Å²) in [4.78, 5) is 38.0. The number of non-ortho nitro benzene ring substituents is 1. The summed E-state index contributed by atoms with van der Waals surface area (Å²) in [6.45, 7) is 2.50. The molecule has 1 heterocycles. The van der Waals surface area contributed by atoms with Gasteiger partial charge in [0.2, 0.25) is 0 Å². The van der Waals surface area contributed by atoms with Gasteiger partial charge in [0.1, 0.15) is 11.6 Å². The Bertz CT molecular complexity index is 1190. The number of nitro benzene ring substituents is 1. The molecule has 1 aliphatic heterocycles. The number of aliphatic hydroxyl groups is 1. The van der Waals surface area contributed by atoms with Crippen LogP contribution in [0.4, 0.5) is 10.1 Å². The maximum absolute atomic E-state index is 14.9. The SMILES string of the molecule is CCCCCCCCCCCCCCCCN1C(=O)C(=O)C(=C(O)c2ccc([N+](=O)[O-])cc2)[C@H]1c1ccccc1F. The van der Waals surface area contributed by atoms with Crippen LogP contribution in [0.25, 0.3) is 5.76 Å². The molecule has 41 heavy (non-hydrogen) atoms. The van der Waals surface area contributed by atoms with Crippen LogP contribution in [-0.4, -0.2) is 33.2 Å². The van der Waals surface area contributed by atoms with Crippen molar-refractivity contribution in [3.63, 3.8) is 0 Å². The quantitative estimate of drug-likeness (QED) is 0.0486. The Balaban J connectivity index is 1.58. The van der Waals surface area contributed by atoms with E-state index in [1.54, 1.807) is 6.07 Å². The summed E-state index contributed by atoms with van der Waals surface area (Å²) in [5.41, 5.74) is -0.114. The molecule has 0 bridgehead atoms. The minimum atomic E-state index is -1.08. The van der Waals surface area contributed by atoms with E-state index in [2.05, 4.69) is 6.92 Å². The largest absolute Gasteiger partial charge is 0.507 e. The van der Waals surface area contributed by atoms with Crippen LogP contribution in [0.1, 0.15) is 114 Å². The van der Waals surface area contributed by atoms with Crippen molar-refractivity contribution in [3.8, 4) is 0 Å². The van der Waals surface area contributed by atoms with Gasteiger partial charge in [-0.1, -0.05) is 109 Å². The van der Waals surface area contributed by atoms with Crippen molar-refractivity contribution in [1.29, 1.82) is 0 Å². The van der Waals surface area contributed by atoms with E-state index in [4.69, 9.17) is 0 Å². The van der Waals surface area contributed by atoms with Gasteiger partial charge in [0, 0.05) is 29.8 Å². The summed E-state index contributed by atoms with van der Waals surface area (Å²) in [5, 5.41) is 22.1. The first-order chi connectivity index (χ1) is 19.9. The molecule has 1 saturated heterocycles. The number of likely N-dealkylation sites (tertiary alicyclic amines) is 1. The molecule has 0 spiro atoms. The smallest absolute Gasteiger partial charge is 0.295 e. The molecule has 0 aromatic heterocycles. The third-order valence-corrected chi connectivity index (χ3v) is 7.84. The maximum atomic E-state index is 14.9. The van der Waals surface area contributed by atoms with Crippen LogP contribution in [0.2, 0.25) is 0 Å². The number of nitrogens with zero attached hydrogens (tertiary/aromatic N) is 2. The van der Waals surface area contributed by atoms with Crippen molar-refractivity contribution < 1.29 is 24.0 Å². The molecule has 2 aromatic rings. The highest BCUT2D eigenvalue weighted by Gasteiger charge is 2.46. The van der Waals surface area contributed by atoms with Crippen molar-refractivity contribution in [2.45, 2.75) is 103 Å². The van der Waals surface area contributed by atoms with Gasteiger partial charge in [-0.05, 0) is 24.6 Å². The number of aliphatic hydroxyl groups excluding tert-OH is 1. The molecule has 222 valence electrons. The third kappa shape index (κ3) is 8.97. The predicted octanol–water partition coefficient (Wildman–Crippen LogP) is 8.64. The van der Waals surface area contributed by atoms with E-state index in [9.17, 15) is 29.2 Å². The van der Waals surface area contributed by atoms with Gasteiger partial charge in [0.25, 0.3) is 17.4 Å². The van der Waals surface area contributed by atoms with Crippen LogP contribution in [0.5, 0.6) is 0 Å². The fraction of sp³-hybridized carbons (Fsp3) is 0.515. The van der Waals surface area contributed by atoms with Gasteiger partial charge >= 0.3 is 0 Å². The van der Waals surface area contributed by atoms with E-state index in [0.29, 0.717) is 6.42 Å². The lowest BCUT2D eigenvalue weighted by Gasteiger charge is -2.25. The van der Waals surface area contributed by atoms with Crippen molar-refractivity contribution in [3.05, 3.63) is 81.2 Å². The van der Waals surface area contributed by atoms with Crippen LogP contribution in [0, 0.1) is 15.9 Å². The van der Waals surface area contributed by atoms with Gasteiger partial charge in [-0.25, -0.2) is 4.39 Å². The molecule has 1 atom stereocenters. The van der Waals surface area contributed by atoms with E-state index in [1.807, 2.05) is 0 Å². The van der Waals surface area contributed by atoms with Gasteiger partial charge in [-0.2, -0.15) is 0 Å². The zero-order chi connectivity index (χ0) is 29.6. The number of carbonyl (C=O) groups is 2. The molecule has 0 radical (unpaired) electrons. The highest BCUT2D eigenvalue weighted by atomic mass is 19.1. The highest BCUT2D eigenvalue weighted by Crippen LogP contribution is 2.40. The molecule has 0 unspecified atom stereocenters. The van der Waals surface area contributed by atoms with Crippen LogP contribution in [0.3, 0.4) is 0 Å². The summed E-state index contributed by atoms with van der Waals surface area (Å²) in [6.07, 6.45) is 16.7. The van der Waals surface area contributed by atoms with E-state index < -0.39 is 34.2 Å². The molecule has 1 aliphatic rings. The van der Waals surface area contributed by atoms with Gasteiger partial charge in [0.05, 0.1) is 16.5 Å². The van der Waals surface area contributed by atoms with Crippen molar-refractivity contribution in [1.82, 2.24) is 4.90 Å². The fourth-order valence-corrected chi connectivity index (χ4v) is 5.50. The van der Waals surface area contributed by atoms with Gasteiger partial charge in [-0.15, -0.1) is 0 Å². The first-order valence-electron chi connectivity index (χ1n) is 15.1. The van der Waals surface area contributed by atoms with Crippen molar-refractivity contribution in [2.24, 2.45) is 0 Å². The van der Waals surface area contributed by atoms with Gasteiger partial charge in [-0.3, -0.25) is 19.7 Å². The predicted molar refractivity (Wildman–Crippen MR) is 159 cm³/mol. The molecule has 1 fully saturated rings. The van der Waals surface area contributed by atoms with E-state index in [-0.39, 0.29) is 28.9 Å². The molecule has 2 aromatic carbocycles. The molecule has 0 saturated carbocycles. The first-order valence-corrected chi connectivity index (χ1v) is 15.1. The molecule has 1 amide bonds. The second-order valence-electron chi connectivity index (χ2n) is 10.9. The highest BCUT2D eigenvalue weighted by molar-refractivity contribution is 6.46. The standard InChI is InChI=1S/C33H43FN2O5/c1-2-3-4-5-6-7-8-9-10-11-12-13-14-17-24-35-30(27-18-15-16-19-28(27)34)29(32(38)33(35)39)31(37)25-20-22-26(23-21-25)36(40)41/h15-16,18-23,30,37H,2-14,17,24H2,1H3/t30-/m1/s1. The lowest BCUT2D eigenvalue weighted by Crippen LogP contribution is -2.31.